The molecule has 1 unspecified atom stereocenters. The summed E-state index contributed by atoms with van der Waals surface area (Å²) in [6.07, 6.45) is 1.59. The van der Waals surface area contributed by atoms with E-state index in [2.05, 4.69) is 15.5 Å². The van der Waals surface area contributed by atoms with Gasteiger partial charge in [-0.3, -0.25) is 19.5 Å². The first-order chi connectivity index (χ1) is 15.9. The number of thioether (sulfide) groups is 1. The van der Waals surface area contributed by atoms with Crippen molar-refractivity contribution < 1.29 is 14.1 Å². The fraction of sp³-hybridized carbons (Fsp3) is 0.136. The maximum absolute atomic E-state index is 12.7. The molecule has 4 aromatic rings. The second kappa shape index (κ2) is 9.88. The van der Waals surface area contributed by atoms with Crippen molar-refractivity contribution in [3.05, 3.63) is 87.8 Å². The fourth-order valence-electron chi connectivity index (χ4n) is 3.01. The Balaban J connectivity index is 1.54. The van der Waals surface area contributed by atoms with Gasteiger partial charge in [0.25, 0.3) is 5.69 Å². The molecule has 0 radical (unpaired) electrons. The Kier molecular flexibility index (Phi) is 6.76. The number of hydrogen-bond acceptors (Lipinski definition) is 7. The van der Waals surface area contributed by atoms with Gasteiger partial charge < -0.3 is 9.73 Å². The molecule has 2 aromatic carbocycles. The van der Waals surface area contributed by atoms with Crippen LogP contribution in [-0.4, -0.2) is 30.8 Å². The van der Waals surface area contributed by atoms with Crippen molar-refractivity contribution in [3.8, 4) is 11.4 Å². The first kappa shape index (κ1) is 22.6. The number of amides is 1. The van der Waals surface area contributed by atoms with Gasteiger partial charge in [0.1, 0.15) is 5.76 Å². The smallest absolute Gasteiger partial charge is 0.269 e. The van der Waals surface area contributed by atoms with Crippen LogP contribution in [0.3, 0.4) is 0 Å². The minimum absolute atomic E-state index is 0.0452. The minimum atomic E-state index is -0.516. The van der Waals surface area contributed by atoms with Crippen molar-refractivity contribution >= 4 is 40.6 Å². The number of hydrogen-bond donors (Lipinski definition) is 1. The van der Waals surface area contributed by atoms with Crippen LogP contribution in [0, 0.1) is 10.1 Å². The average molecular weight is 484 g/mol. The van der Waals surface area contributed by atoms with Crippen molar-refractivity contribution in [3.63, 3.8) is 0 Å². The van der Waals surface area contributed by atoms with Gasteiger partial charge in [0.15, 0.2) is 11.0 Å². The number of furan rings is 1. The van der Waals surface area contributed by atoms with Crippen molar-refractivity contribution in [2.24, 2.45) is 0 Å². The highest BCUT2D eigenvalue weighted by Gasteiger charge is 2.22. The van der Waals surface area contributed by atoms with Crippen molar-refractivity contribution in [1.82, 2.24) is 14.8 Å². The predicted molar refractivity (Wildman–Crippen MR) is 125 cm³/mol. The van der Waals surface area contributed by atoms with Crippen LogP contribution in [0.25, 0.3) is 11.4 Å². The third kappa shape index (κ3) is 5.41. The van der Waals surface area contributed by atoms with E-state index in [1.165, 1.54) is 36.0 Å². The Bertz CT molecular complexity index is 1260. The molecular weight excluding hydrogens is 466 g/mol. The zero-order chi connectivity index (χ0) is 23.4. The molecule has 33 heavy (non-hydrogen) atoms. The van der Waals surface area contributed by atoms with Gasteiger partial charge in [0, 0.05) is 28.4 Å². The van der Waals surface area contributed by atoms with Crippen LogP contribution in [0.15, 0.2) is 76.5 Å². The van der Waals surface area contributed by atoms with E-state index in [4.69, 9.17) is 16.0 Å². The summed E-state index contributed by atoms with van der Waals surface area (Å²) in [4.78, 5) is 23.0. The van der Waals surface area contributed by atoms with Crippen LogP contribution in [-0.2, 0) is 11.3 Å². The fourth-order valence-corrected chi connectivity index (χ4v) is 3.99. The number of non-ortho nitro benzene ring substituents is 1. The summed E-state index contributed by atoms with van der Waals surface area (Å²) in [5.41, 5.74) is 1.25. The van der Waals surface area contributed by atoms with Gasteiger partial charge >= 0.3 is 0 Å². The lowest BCUT2D eigenvalue weighted by atomic mass is 10.2. The van der Waals surface area contributed by atoms with Crippen LogP contribution in [0.4, 0.5) is 11.4 Å². The van der Waals surface area contributed by atoms with Crippen LogP contribution < -0.4 is 5.32 Å². The molecule has 0 fully saturated rings. The highest BCUT2D eigenvalue weighted by Crippen LogP contribution is 2.29. The van der Waals surface area contributed by atoms with Crippen LogP contribution in [0.5, 0.6) is 0 Å². The highest BCUT2D eigenvalue weighted by molar-refractivity contribution is 8.00. The summed E-state index contributed by atoms with van der Waals surface area (Å²) in [5.74, 6) is 1.07. The number of nitro groups is 1. The lowest BCUT2D eigenvalue weighted by Crippen LogP contribution is -2.23. The number of halogens is 1. The van der Waals surface area contributed by atoms with Gasteiger partial charge in [-0.2, -0.15) is 0 Å². The van der Waals surface area contributed by atoms with Gasteiger partial charge in [-0.05, 0) is 55.5 Å². The topological polar surface area (TPSA) is 116 Å². The molecule has 1 atom stereocenters. The van der Waals surface area contributed by atoms with E-state index in [9.17, 15) is 14.9 Å². The van der Waals surface area contributed by atoms with E-state index in [1.807, 2.05) is 22.8 Å². The largest absolute Gasteiger partial charge is 0.467 e. The van der Waals surface area contributed by atoms with Crippen molar-refractivity contribution in [2.75, 3.05) is 5.32 Å². The second-order valence-electron chi connectivity index (χ2n) is 7.03. The third-order valence-electron chi connectivity index (χ3n) is 4.71. The quantitative estimate of drug-likeness (QED) is 0.206. The maximum atomic E-state index is 12.7. The number of carbonyl (C=O) groups excluding carboxylic acids is 1. The molecule has 4 rings (SSSR count). The summed E-state index contributed by atoms with van der Waals surface area (Å²) in [5, 5.41) is 22.8. The summed E-state index contributed by atoms with van der Waals surface area (Å²) >= 11 is 7.26. The normalized spacial score (nSPS) is 11.8. The van der Waals surface area contributed by atoms with E-state index in [0.717, 1.165) is 11.3 Å². The molecule has 0 aliphatic carbocycles. The van der Waals surface area contributed by atoms with Crippen molar-refractivity contribution in [2.45, 2.75) is 23.9 Å². The van der Waals surface area contributed by atoms with E-state index in [0.29, 0.717) is 28.2 Å². The lowest BCUT2D eigenvalue weighted by molar-refractivity contribution is -0.384. The summed E-state index contributed by atoms with van der Waals surface area (Å²) in [7, 11) is 0. The second-order valence-corrected chi connectivity index (χ2v) is 8.78. The molecule has 0 saturated carbocycles. The summed E-state index contributed by atoms with van der Waals surface area (Å²) in [6, 6.07) is 16.6. The first-order valence-electron chi connectivity index (χ1n) is 9.84. The number of nitro benzene ring substituents is 1. The van der Waals surface area contributed by atoms with E-state index in [1.54, 1.807) is 31.4 Å². The Morgan fingerprint density at radius 2 is 1.91 bits per heavy atom. The average Bonchev–Trinajstić information content (AvgIpc) is 3.45. The van der Waals surface area contributed by atoms with Crippen LogP contribution in [0.2, 0.25) is 5.02 Å². The number of nitrogens with zero attached hydrogens (tertiary/aromatic N) is 4. The van der Waals surface area contributed by atoms with Crippen LogP contribution >= 0.6 is 23.4 Å². The molecule has 1 amide bonds. The Hall–Kier alpha value is -3.63. The Morgan fingerprint density at radius 3 is 2.55 bits per heavy atom. The summed E-state index contributed by atoms with van der Waals surface area (Å²) < 4.78 is 7.37. The van der Waals surface area contributed by atoms with E-state index < -0.39 is 10.2 Å². The van der Waals surface area contributed by atoms with Gasteiger partial charge in [-0.25, -0.2) is 0 Å². The first-order valence-corrected chi connectivity index (χ1v) is 11.1. The molecule has 0 spiro atoms. The molecule has 0 saturated heterocycles. The molecule has 0 bridgehead atoms. The molecule has 0 aliphatic heterocycles. The number of anilines is 1. The number of nitrogens with one attached hydrogen (secondary N) is 1. The number of aromatic nitrogens is 3. The van der Waals surface area contributed by atoms with E-state index >= 15 is 0 Å². The lowest BCUT2D eigenvalue weighted by Gasteiger charge is -2.13. The maximum Gasteiger partial charge on any atom is 0.269 e. The number of rotatable bonds is 8. The van der Waals surface area contributed by atoms with Gasteiger partial charge in [-0.1, -0.05) is 23.4 Å². The number of benzene rings is 2. The Morgan fingerprint density at radius 1 is 1.18 bits per heavy atom. The molecule has 2 aromatic heterocycles. The number of carbonyl (C=O) groups is 1. The molecular formula is C22H18ClN5O4S. The van der Waals surface area contributed by atoms with Gasteiger partial charge in [-0.15, -0.1) is 10.2 Å². The van der Waals surface area contributed by atoms with E-state index in [-0.39, 0.29) is 11.6 Å². The third-order valence-corrected chi connectivity index (χ3v) is 6.04. The zero-order valence-corrected chi connectivity index (χ0v) is 18.9. The van der Waals surface area contributed by atoms with Crippen LogP contribution in [0.1, 0.15) is 12.7 Å². The predicted octanol–water partition coefficient (Wildman–Crippen LogP) is 5.27. The zero-order valence-electron chi connectivity index (χ0n) is 17.3. The SMILES string of the molecule is CC(Sc1nnc(-c2ccc(Cl)cc2)n1Cc1ccco1)C(=O)Nc1ccc([N+](=O)[O-])cc1. The monoisotopic (exact) mass is 483 g/mol. The highest BCUT2D eigenvalue weighted by atomic mass is 35.5. The molecule has 11 heteroatoms. The Labute approximate surface area is 197 Å². The van der Waals surface area contributed by atoms with Gasteiger partial charge in [0.2, 0.25) is 5.91 Å². The summed E-state index contributed by atoms with van der Waals surface area (Å²) in [6.45, 7) is 2.14. The van der Waals surface area contributed by atoms with Crippen molar-refractivity contribution in [1.29, 1.82) is 0 Å². The molecule has 1 N–H and O–H groups in total. The molecule has 0 aliphatic rings. The molecule has 2 heterocycles. The minimum Gasteiger partial charge on any atom is -0.467 e. The molecule has 9 nitrogen and oxygen atoms in total. The molecule has 168 valence electrons. The standard InChI is InChI=1S/C22H18ClN5O4S/c1-14(21(29)24-17-8-10-18(11-9-17)28(30)31)33-22-26-25-20(15-4-6-16(23)7-5-15)27(22)13-19-3-2-12-32-19/h2-12,14H,13H2,1H3,(H,24,29). The van der Waals surface area contributed by atoms with Gasteiger partial charge in [0.05, 0.1) is 23.0 Å².